The van der Waals surface area contributed by atoms with E-state index in [1.54, 1.807) is 7.11 Å². The molecule has 1 aromatic carbocycles. The highest BCUT2D eigenvalue weighted by molar-refractivity contribution is 9.10. The molecular formula is C19H29BrN2O3. The highest BCUT2D eigenvalue weighted by Crippen LogP contribution is 2.29. The van der Waals surface area contributed by atoms with E-state index in [2.05, 4.69) is 45.2 Å². The number of nitrogens with zero attached hydrogens (tertiary/aromatic N) is 1. The van der Waals surface area contributed by atoms with Crippen molar-refractivity contribution in [3.63, 3.8) is 0 Å². The number of amides is 1. The SMILES string of the molecule is COc1c(C)cc(Br)cc1CN1CCC[C@@H](NC(=O)OC(C)(C)C)C1. The van der Waals surface area contributed by atoms with Crippen LogP contribution in [0.5, 0.6) is 5.75 Å². The van der Waals surface area contributed by atoms with Gasteiger partial charge in [-0.2, -0.15) is 0 Å². The number of hydrogen-bond donors (Lipinski definition) is 1. The quantitative estimate of drug-likeness (QED) is 0.802. The molecule has 0 bridgehead atoms. The Morgan fingerprint density at radius 2 is 2.12 bits per heavy atom. The van der Waals surface area contributed by atoms with Gasteiger partial charge in [0.25, 0.3) is 0 Å². The fourth-order valence-corrected chi connectivity index (χ4v) is 3.86. The third kappa shape index (κ3) is 6.19. The van der Waals surface area contributed by atoms with Gasteiger partial charge in [0.15, 0.2) is 0 Å². The number of carbonyl (C=O) groups is 1. The molecule has 140 valence electrons. The largest absolute Gasteiger partial charge is 0.496 e. The second kappa shape index (κ2) is 8.41. The average Bonchev–Trinajstić information content (AvgIpc) is 2.45. The normalized spacial score (nSPS) is 18.7. The highest BCUT2D eigenvalue weighted by Gasteiger charge is 2.25. The molecule has 1 saturated heterocycles. The molecule has 0 radical (unpaired) electrons. The number of methoxy groups -OCH3 is 1. The van der Waals surface area contributed by atoms with Gasteiger partial charge in [-0.25, -0.2) is 4.79 Å². The number of alkyl carbamates (subject to hydrolysis) is 1. The van der Waals surface area contributed by atoms with Crippen LogP contribution in [-0.4, -0.2) is 42.8 Å². The van der Waals surface area contributed by atoms with E-state index >= 15 is 0 Å². The zero-order valence-electron chi connectivity index (χ0n) is 15.8. The summed E-state index contributed by atoms with van der Waals surface area (Å²) < 4.78 is 12.0. The fourth-order valence-electron chi connectivity index (χ4n) is 3.24. The molecule has 1 aliphatic heterocycles. The van der Waals surface area contributed by atoms with Crippen LogP contribution in [0.2, 0.25) is 0 Å². The first-order chi connectivity index (χ1) is 11.7. The first-order valence-corrected chi connectivity index (χ1v) is 9.52. The van der Waals surface area contributed by atoms with Crippen molar-refractivity contribution in [3.05, 3.63) is 27.7 Å². The molecule has 1 fully saturated rings. The number of likely N-dealkylation sites (tertiary alicyclic amines) is 1. The molecule has 0 aliphatic carbocycles. The Morgan fingerprint density at radius 3 is 2.76 bits per heavy atom. The standard InChI is InChI=1S/C19H29BrN2O3/c1-13-9-15(20)10-14(17(13)24-5)11-22-8-6-7-16(12-22)21-18(23)25-19(2,3)4/h9-10,16H,6-8,11-12H2,1-5H3,(H,21,23)/t16-/m1/s1. The Balaban J connectivity index is 1.99. The monoisotopic (exact) mass is 412 g/mol. The second-order valence-corrected chi connectivity index (χ2v) is 8.55. The molecule has 0 unspecified atom stereocenters. The summed E-state index contributed by atoms with van der Waals surface area (Å²) in [5.41, 5.74) is 1.80. The number of aryl methyl sites for hydroxylation is 1. The van der Waals surface area contributed by atoms with Gasteiger partial charge in [-0.15, -0.1) is 0 Å². The maximum atomic E-state index is 12.0. The van der Waals surface area contributed by atoms with E-state index in [1.165, 1.54) is 0 Å². The zero-order valence-corrected chi connectivity index (χ0v) is 17.4. The summed E-state index contributed by atoms with van der Waals surface area (Å²) in [5.74, 6) is 0.936. The molecule has 0 spiro atoms. The van der Waals surface area contributed by atoms with E-state index in [1.807, 2.05) is 20.8 Å². The van der Waals surface area contributed by atoms with E-state index in [-0.39, 0.29) is 12.1 Å². The summed E-state index contributed by atoms with van der Waals surface area (Å²) >= 11 is 3.57. The van der Waals surface area contributed by atoms with Crippen molar-refractivity contribution in [2.24, 2.45) is 0 Å². The van der Waals surface area contributed by atoms with E-state index in [4.69, 9.17) is 9.47 Å². The van der Waals surface area contributed by atoms with Gasteiger partial charge < -0.3 is 14.8 Å². The van der Waals surface area contributed by atoms with Gasteiger partial charge in [0.2, 0.25) is 0 Å². The van der Waals surface area contributed by atoms with E-state index in [9.17, 15) is 4.79 Å². The highest BCUT2D eigenvalue weighted by atomic mass is 79.9. The molecular weight excluding hydrogens is 384 g/mol. The summed E-state index contributed by atoms with van der Waals surface area (Å²) in [4.78, 5) is 14.4. The number of piperidine rings is 1. The van der Waals surface area contributed by atoms with Crippen LogP contribution in [0.15, 0.2) is 16.6 Å². The number of ether oxygens (including phenoxy) is 2. The van der Waals surface area contributed by atoms with Crippen LogP contribution >= 0.6 is 15.9 Å². The van der Waals surface area contributed by atoms with E-state index in [0.29, 0.717) is 0 Å². The lowest BCUT2D eigenvalue weighted by Crippen LogP contribution is -2.48. The summed E-state index contributed by atoms with van der Waals surface area (Å²) in [5, 5.41) is 3.00. The Kier molecular flexibility index (Phi) is 6.74. The molecule has 0 saturated carbocycles. The lowest BCUT2D eigenvalue weighted by atomic mass is 10.0. The van der Waals surface area contributed by atoms with Gasteiger partial charge in [-0.05, 0) is 64.8 Å². The molecule has 6 heteroatoms. The van der Waals surface area contributed by atoms with Crippen LogP contribution in [-0.2, 0) is 11.3 Å². The van der Waals surface area contributed by atoms with Crippen LogP contribution in [0.3, 0.4) is 0 Å². The predicted octanol–water partition coefficient (Wildman–Crippen LogP) is 4.26. The fraction of sp³-hybridized carbons (Fsp3) is 0.632. The van der Waals surface area contributed by atoms with Crippen LogP contribution in [0.4, 0.5) is 4.79 Å². The van der Waals surface area contributed by atoms with Gasteiger partial charge in [-0.3, -0.25) is 4.90 Å². The molecule has 1 aliphatic rings. The predicted molar refractivity (Wildman–Crippen MR) is 103 cm³/mol. The van der Waals surface area contributed by atoms with Crippen molar-refractivity contribution in [1.29, 1.82) is 0 Å². The Morgan fingerprint density at radius 1 is 1.40 bits per heavy atom. The van der Waals surface area contributed by atoms with Crippen LogP contribution < -0.4 is 10.1 Å². The Labute approximate surface area is 159 Å². The lowest BCUT2D eigenvalue weighted by molar-refractivity contribution is 0.0470. The smallest absolute Gasteiger partial charge is 0.407 e. The minimum atomic E-state index is -0.473. The van der Waals surface area contributed by atoms with Crippen molar-refractivity contribution < 1.29 is 14.3 Å². The van der Waals surface area contributed by atoms with Crippen molar-refractivity contribution in [2.75, 3.05) is 20.2 Å². The van der Waals surface area contributed by atoms with Gasteiger partial charge >= 0.3 is 6.09 Å². The third-order valence-corrected chi connectivity index (χ3v) is 4.60. The molecule has 2 rings (SSSR count). The van der Waals surface area contributed by atoms with Gasteiger partial charge in [0.05, 0.1) is 7.11 Å². The maximum Gasteiger partial charge on any atom is 0.407 e. The van der Waals surface area contributed by atoms with Crippen molar-refractivity contribution in [1.82, 2.24) is 10.2 Å². The molecule has 1 N–H and O–H groups in total. The number of nitrogens with one attached hydrogen (secondary N) is 1. The molecule has 0 aromatic heterocycles. The molecule has 5 nitrogen and oxygen atoms in total. The first-order valence-electron chi connectivity index (χ1n) is 8.73. The zero-order chi connectivity index (χ0) is 18.6. The van der Waals surface area contributed by atoms with E-state index in [0.717, 1.165) is 53.8 Å². The van der Waals surface area contributed by atoms with E-state index < -0.39 is 5.60 Å². The summed E-state index contributed by atoms with van der Waals surface area (Å²) in [7, 11) is 1.71. The molecule has 1 heterocycles. The minimum absolute atomic E-state index is 0.114. The van der Waals surface area contributed by atoms with Crippen LogP contribution in [0.25, 0.3) is 0 Å². The number of halogens is 1. The Bertz CT molecular complexity index is 613. The molecule has 1 aromatic rings. The van der Waals surface area contributed by atoms with Crippen molar-refractivity contribution in [2.45, 2.75) is 58.7 Å². The topological polar surface area (TPSA) is 50.8 Å². The maximum absolute atomic E-state index is 12.0. The van der Waals surface area contributed by atoms with Crippen LogP contribution in [0, 0.1) is 6.92 Å². The van der Waals surface area contributed by atoms with Gasteiger partial charge in [-0.1, -0.05) is 15.9 Å². The van der Waals surface area contributed by atoms with Crippen molar-refractivity contribution in [3.8, 4) is 5.75 Å². The lowest BCUT2D eigenvalue weighted by Gasteiger charge is -2.34. The van der Waals surface area contributed by atoms with Gasteiger partial charge in [0.1, 0.15) is 11.4 Å². The molecule has 1 amide bonds. The number of hydrogen-bond acceptors (Lipinski definition) is 4. The summed E-state index contributed by atoms with van der Waals surface area (Å²) in [6.07, 6.45) is 1.69. The molecule has 1 atom stereocenters. The summed E-state index contributed by atoms with van der Waals surface area (Å²) in [6, 6.07) is 4.28. The third-order valence-electron chi connectivity index (χ3n) is 4.14. The first kappa shape index (κ1) is 20.0. The minimum Gasteiger partial charge on any atom is -0.496 e. The van der Waals surface area contributed by atoms with Crippen molar-refractivity contribution >= 4 is 22.0 Å². The number of rotatable bonds is 4. The summed E-state index contributed by atoms with van der Waals surface area (Å²) in [6.45, 7) is 10.3. The second-order valence-electron chi connectivity index (χ2n) is 7.64. The number of carbonyl (C=O) groups excluding carboxylic acids is 1. The van der Waals surface area contributed by atoms with Crippen LogP contribution in [0.1, 0.15) is 44.7 Å². The molecule has 25 heavy (non-hydrogen) atoms. The number of benzene rings is 1. The Hall–Kier alpha value is -1.27. The average molecular weight is 413 g/mol. The van der Waals surface area contributed by atoms with Gasteiger partial charge in [0, 0.05) is 29.2 Å².